The average molecular weight is 252 g/mol. The highest BCUT2D eigenvalue weighted by molar-refractivity contribution is 5.89. The Balaban J connectivity index is 1.85. The van der Waals surface area contributed by atoms with E-state index in [1.165, 1.54) is 54.9 Å². The Labute approximate surface area is 114 Å². The highest BCUT2D eigenvalue weighted by atomic mass is 16.5. The van der Waals surface area contributed by atoms with Crippen molar-refractivity contribution < 1.29 is 4.74 Å². The van der Waals surface area contributed by atoms with Crippen molar-refractivity contribution in [3.8, 4) is 5.75 Å². The van der Waals surface area contributed by atoms with Gasteiger partial charge in [-0.25, -0.2) is 0 Å². The number of rotatable bonds is 0. The van der Waals surface area contributed by atoms with Crippen molar-refractivity contribution in [2.24, 2.45) is 0 Å². The van der Waals surface area contributed by atoms with Gasteiger partial charge in [0.1, 0.15) is 11.9 Å². The topological polar surface area (TPSA) is 9.23 Å². The lowest BCUT2D eigenvalue weighted by molar-refractivity contribution is 0.177. The number of hydrogen-bond acceptors (Lipinski definition) is 1. The van der Waals surface area contributed by atoms with Crippen LogP contribution < -0.4 is 4.74 Å². The normalized spacial score (nSPS) is 26.1. The van der Waals surface area contributed by atoms with Gasteiger partial charge in [0.15, 0.2) is 0 Å². The van der Waals surface area contributed by atoms with Gasteiger partial charge in [-0.05, 0) is 36.1 Å². The minimum Gasteiger partial charge on any atom is -0.489 e. The molecular formula is C18H20O. The quantitative estimate of drug-likeness (QED) is 0.638. The first-order valence-electron chi connectivity index (χ1n) is 7.62. The van der Waals surface area contributed by atoms with Crippen molar-refractivity contribution in [1.82, 2.24) is 0 Å². The first-order valence-corrected chi connectivity index (χ1v) is 7.62. The summed E-state index contributed by atoms with van der Waals surface area (Å²) in [6, 6.07) is 13.1. The summed E-state index contributed by atoms with van der Waals surface area (Å²) in [6.45, 7) is 0. The van der Waals surface area contributed by atoms with Gasteiger partial charge in [0, 0.05) is 11.5 Å². The van der Waals surface area contributed by atoms with Crippen LogP contribution in [0.2, 0.25) is 0 Å². The molecule has 0 N–H and O–H groups in total. The highest BCUT2D eigenvalue weighted by Crippen LogP contribution is 2.47. The zero-order chi connectivity index (χ0) is 12.7. The van der Waals surface area contributed by atoms with Gasteiger partial charge in [0.05, 0.1) is 0 Å². The molecule has 1 fully saturated rings. The Morgan fingerprint density at radius 3 is 2.63 bits per heavy atom. The molecule has 2 aliphatic rings. The van der Waals surface area contributed by atoms with Crippen molar-refractivity contribution in [3.63, 3.8) is 0 Å². The molecule has 1 nitrogen and oxygen atoms in total. The molecule has 1 aliphatic carbocycles. The maximum Gasteiger partial charge on any atom is 0.124 e. The van der Waals surface area contributed by atoms with Crippen molar-refractivity contribution >= 4 is 10.8 Å². The summed E-state index contributed by atoms with van der Waals surface area (Å²) in [5, 5.41) is 2.76. The molecule has 98 valence electrons. The van der Waals surface area contributed by atoms with Crippen LogP contribution in [0.5, 0.6) is 5.75 Å². The Kier molecular flexibility index (Phi) is 2.72. The van der Waals surface area contributed by atoms with E-state index in [1.807, 2.05) is 0 Å². The first-order chi connectivity index (χ1) is 9.43. The molecule has 1 saturated carbocycles. The standard InChI is InChI=1S/C18H20O/c1-2-4-10-16-15(9-3-1)18-14-8-6-5-7-13(14)11-12-17(18)19-16/h5-8,11-12,15-16H,1-4,9-10H2/t15-,16+/m1/s1. The van der Waals surface area contributed by atoms with Crippen molar-refractivity contribution in [3.05, 3.63) is 42.0 Å². The SMILES string of the molecule is c1ccc2c3c(ccc2c1)O[C@H]1CCCCCC[C@@H]31. The Morgan fingerprint density at radius 1 is 0.842 bits per heavy atom. The van der Waals surface area contributed by atoms with E-state index < -0.39 is 0 Å². The number of ether oxygens (including phenoxy) is 1. The summed E-state index contributed by atoms with van der Waals surface area (Å²) in [7, 11) is 0. The van der Waals surface area contributed by atoms with E-state index in [0.717, 1.165) is 5.75 Å². The van der Waals surface area contributed by atoms with E-state index in [1.54, 1.807) is 0 Å². The molecule has 0 amide bonds. The molecular weight excluding hydrogens is 232 g/mol. The number of benzene rings is 2. The lowest BCUT2D eigenvalue weighted by Gasteiger charge is -2.22. The molecule has 2 atom stereocenters. The Bertz CT molecular complexity index is 602. The summed E-state index contributed by atoms with van der Waals surface area (Å²) in [5.41, 5.74) is 1.49. The summed E-state index contributed by atoms with van der Waals surface area (Å²) in [6.07, 6.45) is 8.41. The van der Waals surface area contributed by atoms with E-state index in [-0.39, 0.29) is 0 Å². The molecule has 19 heavy (non-hydrogen) atoms. The third kappa shape index (κ3) is 1.83. The van der Waals surface area contributed by atoms with E-state index in [2.05, 4.69) is 36.4 Å². The third-order valence-electron chi connectivity index (χ3n) is 4.78. The lowest BCUT2D eigenvalue weighted by Crippen LogP contribution is -2.20. The maximum atomic E-state index is 6.25. The summed E-state index contributed by atoms with van der Waals surface area (Å²) in [4.78, 5) is 0. The fraction of sp³-hybridized carbons (Fsp3) is 0.444. The zero-order valence-corrected chi connectivity index (χ0v) is 11.3. The summed E-state index contributed by atoms with van der Waals surface area (Å²) in [5.74, 6) is 1.78. The molecule has 2 aromatic rings. The number of hydrogen-bond donors (Lipinski definition) is 0. The fourth-order valence-corrected chi connectivity index (χ4v) is 3.85. The average Bonchev–Trinajstić information content (AvgIpc) is 2.76. The highest BCUT2D eigenvalue weighted by Gasteiger charge is 2.35. The smallest absolute Gasteiger partial charge is 0.124 e. The van der Waals surface area contributed by atoms with Crippen LogP contribution in [-0.4, -0.2) is 6.10 Å². The van der Waals surface area contributed by atoms with E-state index in [4.69, 9.17) is 4.74 Å². The predicted molar refractivity (Wildman–Crippen MR) is 78.8 cm³/mol. The van der Waals surface area contributed by atoms with Gasteiger partial charge in [-0.2, -0.15) is 0 Å². The molecule has 0 unspecified atom stereocenters. The van der Waals surface area contributed by atoms with E-state index in [9.17, 15) is 0 Å². The second-order valence-electron chi connectivity index (χ2n) is 5.95. The summed E-state index contributed by atoms with van der Waals surface area (Å²) < 4.78 is 6.25. The van der Waals surface area contributed by atoms with Crippen LogP contribution in [0.3, 0.4) is 0 Å². The molecule has 1 heterocycles. The minimum absolute atomic E-state index is 0.432. The summed E-state index contributed by atoms with van der Waals surface area (Å²) >= 11 is 0. The van der Waals surface area contributed by atoms with Crippen LogP contribution in [0, 0.1) is 0 Å². The van der Waals surface area contributed by atoms with Crippen molar-refractivity contribution in [2.45, 2.75) is 50.5 Å². The van der Waals surface area contributed by atoms with Gasteiger partial charge in [-0.1, -0.05) is 49.6 Å². The van der Waals surface area contributed by atoms with Crippen molar-refractivity contribution in [1.29, 1.82) is 0 Å². The fourth-order valence-electron chi connectivity index (χ4n) is 3.85. The lowest BCUT2D eigenvalue weighted by atomic mass is 9.83. The van der Waals surface area contributed by atoms with Gasteiger partial charge in [-0.15, -0.1) is 0 Å². The molecule has 2 aromatic carbocycles. The van der Waals surface area contributed by atoms with Crippen molar-refractivity contribution in [2.75, 3.05) is 0 Å². The second kappa shape index (κ2) is 4.56. The first kappa shape index (κ1) is 11.3. The van der Waals surface area contributed by atoms with Gasteiger partial charge in [0.2, 0.25) is 0 Å². The van der Waals surface area contributed by atoms with Crippen LogP contribution in [-0.2, 0) is 0 Å². The van der Waals surface area contributed by atoms with Gasteiger partial charge >= 0.3 is 0 Å². The van der Waals surface area contributed by atoms with Crippen LogP contribution >= 0.6 is 0 Å². The van der Waals surface area contributed by atoms with Crippen LogP contribution in [0.1, 0.15) is 50.0 Å². The van der Waals surface area contributed by atoms with Crippen LogP contribution in [0.25, 0.3) is 10.8 Å². The molecule has 0 aromatic heterocycles. The minimum atomic E-state index is 0.432. The predicted octanol–water partition coefficient (Wildman–Crippen LogP) is 5.04. The molecule has 0 spiro atoms. The van der Waals surface area contributed by atoms with E-state index >= 15 is 0 Å². The third-order valence-corrected chi connectivity index (χ3v) is 4.78. The van der Waals surface area contributed by atoms with E-state index in [0.29, 0.717) is 12.0 Å². The molecule has 0 saturated heterocycles. The largest absolute Gasteiger partial charge is 0.489 e. The molecule has 4 rings (SSSR count). The van der Waals surface area contributed by atoms with Gasteiger partial charge in [-0.3, -0.25) is 0 Å². The zero-order valence-electron chi connectivity index (χ0n) is 11.3. The number of fused-ring (bicyclic) bond motifs is 5. The maximum absolute atomic E-state index is 6.25. The Morgan fingerprint density at radius 2 is 1.68 bits per heavy atom. The Hall–Kier alpha value is -1.50. The van der Waals surface area contributed by atoms with Crippen LogP contribution in [0.4, 0.5) is 0 Å². The monoisotopic (exact) mass is 252 g/mol. The molecule has 1 heteroatoms. The van der Waals surface area contributed by atoms with Gasteiger partial charge < -0.3 is 4.74 Å². The molecule has 0 radical (unpaired) electrons. The van der Waals surface area contributed by atoms with Crippen LogP contribution in [0.15, 0.2) is 36.4 Å². The molecule has 0 bridgehead atoms. The second-order valence-corrected chi connectivity index (χ2v) is 5.95. The molecule has 1 aliphatic heterocycles. The van der Waals surface area contributed by atoms with Gasteiger partial charge in [0.25, 0.3) is 0 Å².